The van der Waals surface area contributed by atoms with E-state index >= 15 is 0 Å². The molecule has 46 heavy (non-hydrogen) atoms. The Morgan fingerprint density at radius 2 is 0.826 bits per heavy atom. The molecule has 3 nitrogen and oxygen atoms in total. The Balaban J connectivity index is 1.25. The van der Waals surface area contributed by atoms with E-state index in [9.17, 15) is 0 Å². The summed E-state index contributed by atoms with van der Waals surface area (Å²) in [6.45, 7) is 0. The van der Waals surface area contributed by atoms with Gasteiger partial charge in [-0.1, -0.05) is 97.1 Å². The molecule has 3 heteroatoms. The summed E-state index contributed by atoms with van der Waals surface area (Å²) in [4.78, 5) is 0. The van der Waals surface area contributed by atoms with Crippen LogP contribution in [0.2, 0.25) is 0 Å². The number of benzene rings is 7. The molecule has 0 unspecified atom stereocenters. The van der Waals surface area contributed by atoms with Crippen LogP contribution in [0.1, 0.15) is 0 Å². The highest BCUT2D eigenvalue weighted by atomic mass is 15.0. The standard InChI is InChI=1S/C43H29N3/c1-44-38-19-8-5-16-32(38)36-26-37-34-18-7-10-21-40(34)46(43(37)27-42(36)44)31-22-23-41-35(25-31)33-17-6-9-20-39(33)45(41)30-15-11-14-29(24-30)28-12-3-2-4-13-28/h2-27H,1H3. The minimum atomic E-state index is 1.16. The second-order valence-corrected chi connectivity index (χ2v) is 12.3. The number of aromatic nitrogens is 3. The predicted octanol–water partition coefficient (Wildman–Crippen LogP) is 11.2. The van der Waals surface area contributed by atoms with Gasteiger partial charge in [0.15, 0.2) is 0 Å². The summed E-state index contributed by atoms with van der Waals surface area (Å²) in [5.41, 5.74) is 12.1. The zero-order valence-electron chi connectivity index (χ0n) is 25.4. The van der Waals surface area contributed by atoms with Gasteiger partial charge in [0.05, 0.1) is 27.6 Å². The maximum atomic E-state index is 2.45. The van der Waals surface area contributed by atoms with Crippen LogP contribution in [0.5, 0.6) is 0 Å². The van der Waals surface area contributed by atoms with Crippen molar-refractivity contribution in [3.05, 3.63) is 158 Å². The second-order valence-electron chi connectivity index (χ2n) is 12.3. The molecule has 0 aliphatic rings. The first kappa shape index (κ1) is 25.3. The molecule has 0 aliphatic heterocycles. The first-order valence-electron chi connectivity index (χ1n) is 15.8. The van der Waals surface area contributed by atoms with Gasteiger partial charge < -0.3 is 13.7 Å². The number of rotatable bonds is 3. The van der Waals surface area contributed by atoms with Crippen LogP contribution in [0.4, 0.5) is 0 Å². The summed E-state index contributed by atoms with van der Waals surface area (Å²) in [5, 5.41) is 7.64. The summed E-state index contributed by atoms with van der Waals surface area (Å²) >= 11 is 0. The highest BCUT2D eigenvalue weighted by molar-refractivity contribution is 6.19. The summed E-state index contributed by atoms with van der Waals surface area (Å²) in [5.74, 6) is 0. The highest BCUT2D eigenvalue weighted by Crippen LogP contribution is 2.40. The lowest BCUT2D eigenvalue weighted by molar-refractivity contribution is 1.01. The maximum Gasteiger partial charge on any atom is 0.0562 e. The van der Waals surface area contributed by atoms with Crippen LogP contribution in [-0.2, 0) is 7.05 Å². The van der Waals surface area contributed by atoms with E-state index in [1.807, 2.05) is 0 Å². The van der Waals surface area contributed by atoms with Crippen LogP contribution < -0.4 is 0 Å². The topological polar surface area (TPSA) is 14.8 Å². The van der Waals surface area contributed by atoms with Gasteiger partial charge in [-0.3, -0.25) is 0 Å². The molecular weight excluding hydrogens is 558 g/mol. The van der Waals surface area contributed by atoms with Crippen LogP contribution in [0.15, 0.2) is 158 Å². The third-order valence-corrected chi connectivity index (χ3v) is 9.83. The monoisotopic (exact) mass is 587 g/mol. The first-order chi connectivity index (χ1) is 22.7. The Bertz CT molecular complexity index is 2810. The molecule has 10 rings (SSSR count). The van der Waals surface area contributed by atoms with Gasteiger partial charge in [-0.15, -0.1) is 0 Å². The van der Waals surface area contributed by atoms with Gasteiger partial charge in [0.1, 0.15) is 0 Å². The van der Waals surface area contributed by atoms with E-state index in [1.54, 1.807) is 0 Å². The van der Waals surface area contributed by atoms with Crippen molar-refractivity contribution < 1.29 is 0 Å². The van der Waals surface area contributed by atoms with E-state index in [-0.39, 0.29) is 0 Å². The fourth-order valence-electron chi connectivity index (χ4n) is 7.73. The molecule has 3 heterocycles. The number of para-hydroxylation sites is 3. The summed E-state index contributed by atoms with van der Waals surface area (Å²) in [7, 11) is 2.18. The highest BCUT2D eigenvalue weighted by Gasteiger charge is 2.18. The van der Waals surface area contributed by atoms with E-state index < -0.39 is 0 Å². The molecule has 0 N–H and O–H groups in total. The van der Waals surface area contributed by atoms with Crippen molar-refractivity contribution in [1.29, 1.82) is 0 Å². The third kappa shape index (κ3) is 3.48. The average Bonchev–Trinajstić information content (AvgIpc) is 3.73. The lowest BCUT2D eigenvalue weighted by atomic mass is 10.1. The van der Waals surface area contributed by atoms with Gasteiger partial charge in [0.25, 0.3) is 0 Å². The van der Waals surface area contributed by atoms with Crippen molar-refractivity contribution in [3.8, 4) is 22.5 Å². The second kappa shape index (κ2) is 9.47. The molecule has 7 aromatic carbocycles. The molecule has 0 bridgehead atoms. The van der Waals surface area contributed by atoms with Crippen molar-refractivity contribution in [2.24, 2.45) is 7.05 Å². The molecule has 0 saturated heterocycles. The zero-order chi connectivity index (χ0) is 30.4. The molecule has 0 atom stereocenters. The summed E-state index contributed by atoms with van der Waals surface area (Å²) < 4.78 is 7.18. The molecule has 0 spiro atoms. The van der Waals surface area contributed by atoms with Gasteiger partial charge in [0, 0.05) is 56.3 Å². The number of hydrogen-bond acceptors (Lipinski definition) is 0. The van der Waals surface area contributed by atoms with Crippen LogP contribution in [0.25, 0.3) is 87.9 Å². The minimum Gasteiger partial charge on any atom is -0.344 e. The Kier molecular flexibility index (Phi) is 5.20. The number of aryl methyl sites for hydroxylation is 1. The Morgan fingerprint density at radius 3 is 1.57 bits per heavy atom. The van der Waals surface area contributed by atoms with Crippen LogP contribution >= 0.6 is 0 Å². The van der Waals surface area contributed by atoms with Gasteiger partial charge in [0.2, 0.25) is 0 Å². The van der Waals surface area contributed by atoms with E-state index in [0.717, 1.165) is 11.4 Å². The molecule has 0 aliphatic carbocycles. The van der Waals surface area contributed by atoms with Crippen LogP contribution in [0, 0.1) is 0 Å². The average molecular weight is 588 g/mol. The SMILES string of the molecule is Cn1c2ccccc2c2cc3c4ccccc4n(-c4ccc5c(c4)c4ccccc4n5-c4cccc(-c5ccccc5)c4)c3cc21. The zero-order valence-corrected chi connectivity index (χ0v) is 25.4. The molecular formula is C43H29N3. The summed E-state index contributed by atoms with van der Waals surface area (Å²) in [6, 6.07) is 57.6. The normalized spacial score (nSPS) is 12.0. The van der Waals surface area contributed by atoms with Crippen molar-refractivity contribution in [2.75, 3.05) is 0 Å². The molecule has 0 amide bonds. The lowest BCUT2D eigenvalue weighted by Crippen LogP contribution is -1.96. The summed E-state index contributed by atoms with van der Waals surface area (Å²) in [6.07, 6.45) is 0. The fourth-order valence-corrected chi connectivity index (χ4v) is 7.73. The van der Waals surface area contributed by atoms with E-state index in [1.165, 1.54) is 76.5 Å². The van der Waals surface area contributed by atoms with Crippen molar-refractivity contribution in [1.82, 2.24) is 13.7 Å². The maximum absolute atomic E-state index is 2.45. The fraction of sp³-hybridized carbons (Fsp3) is 0.0233. The molecule has 0 radical (unpaired) electrons. The van der Waals surface area contributed by atoms with Gasteiger partial charge >= 0.3 is 0 Å². The molecule has 0 saturated carbocycles. The van der Waals surface area contributed by atoms with E-state index in [0.29, 0.717) is 0 Å². The number of fused-ring (bicyclic) bond motifs is 9. The largest absolute Gasteiger partial charge is 0.344 e. The van der Waals surface area contributed by atoms with Crippen molar-refractivity contribution >= 4 is 65.4 Å². The smallest absolute Gasteiger partial charge is 0.0562 e. The number of nitrogens with zero attached hydrogens (tertiary/aromatic N) is 3. The van der Waals surface area contributed by atoms with E-state index in [4.69, 9.17) is 0 Å². The Hall–Kier alpha value is -6.06. The molecule has 0 fully saturated rings. The van der Waals surface area contributed by atoms with Gasteiger partial charge in [-0.25, -0.2) is 0 Å². The third-order valence-electron chi connectivity index (χ3n) is 9.83. The molecule has 216 valence electrons. The van der Waals surface area contributed by atoms with Crippen molar-refractivity contribution in [2.45, 2.75) is 0 Å². The quantitative estimate of drug-likeness (QED) is 0.195. The Labute approximate surface area is 265 Å². The molecule has 3 aromatic heterocycles. The molecule has 10 aromatic rings. The predicted molar refractivity (Wildman–Crippen MR) is 195 cm³/mol. The van der Waals surface area contributed by atoms with Gasteiger partial charge in [-0.2, -0.15) is 0 Å². The Morgan fingerprint density at radius 1 is 0.304 bits per heavy atom. The number of hydrogen-bond donors (Lipinski definition) is 0. The first-order valence-corrected chi connectivity index (χ1v) is 15.8. The lowest BCUT2D eigenvalue weighted by Gasteiger charge is -2.12. The van der Waals surface area contributed by atoms with Crippen LogP contribution in [-0.4, -0.2) is 13.7 Å². The van der Waals surface area contributed by atoms with Crippen molar-refractivity contribution in [3.63, 3.8) is 0 Å². The van der Waals surface area contributed by atoms with E-state index in [2.05, 4.69) is 178 Å². The van der Waals surface area contributed by atoms with Gasteiger partial charge in [-0.05, 0) is 71.8 Å². The van der Waals surface area contributed by atoms with Crippen LogP contribution in [0.3, 0.4) is 0 Å². The minimum absolute atomic E-state index is 1.16.